The maximum Gasteiger partial charge on any atom is 0.389 e. The second kappa shape index (κ2) is 12.7. The molecule has 1 aromatic carbocycles. The summed E-state index contributed by atoms with van der Waals surface area (Å²) >= 11 is 1.85. The summed E-state index contributed by atoms with van der Waals surface area (Å²) in [7, 11) is 0. The molecule has 10 heteroatoms. The highest BCUT2D eigenvalue weighted by Gasteiger charge is 2.47. The lowest BCUT2D eigenvalue weighted by Crippen LogP contribution is -2.47. The minimum absolute atomic E-state index is 0.00169. The number of halogens is 3. The summed E-state index contributed by atoms with van der Waals surface area (Å²) in [5.74, 6) is 2.03. The molecule has 41 heavy (non-hydrogen) atoms. The van der Waals surface area contributed by atoms with Crippen LogP contribution in [0, 0.1) is 25.7 Å². The van der Waals surface area contributed by atoms with E-state index in [0.29, 0.717) is 12.8 Å². The number of carbonyl (C=O) groups is 1. The van der Waals surface area contributed by atoms with Gasteiger partial charge in [-0.05, 0) is 106 Å². The van der Waals surface area contributed by atoms with Gasteiger partial charge in [-0.1, -0.05) is 11.9 Å². The van der Waals surface area contributed by atoms with Gasteiger partial charge in [0.25, 0.3) is 5.91 Å². The van der Waals surface area contributed by atoms with Crippen molar-refractivity contribution in [2.45, 2.75) is 96.3 Å². The third-order valence-electron chi connectivity index (χ3n) is 9.49. The first-order chi connectivity index (χ1) is 19.6. The smallest absolute Gasteiger partial charge is 0.389 e. The first-order valence-electron chi connectivity index (χ1n) is 15.1. The summed E-state index contributed by atoms with van der Waals surface area (Å²) in [4.78, 5) is 18.0. The molecule has 3 aliphatic rings. The summed E-state index contributed by atoms with van der Waals surface area (Å²) in [5, 5.41) is 13.6. The lowest BCUT2D eigenvalue weighted by Gasteiger charge is -2.34. The molecule has 2 N–H and O–H groups in total. The lowest BCUT2D eigenvalue weighted by atomic mass is 9.79. The van der Waals surface area contributed by atoms with Crippen LogP contribution in [0.5, 0.6) is 0 Å². The second-order valence-corrected chi connectivity index (χ2v) is 13.4. The van der Waals surface area contributed by atoms with Gasteiger partial charge in [-0.2, -0.15) is 13.2 Å². The highest BCUT2D eigenvalue weighted by Crippen LogP contribution is 2.39. The Balaban J connectivity index is 1.11. The van der Waals surface area contributed by atoms with Crippen LogP contribution < -0.4 is 5.32 Å². The molecule has 1 saturated carbocycles. The SMILES string of the molecule is Cc1cc2c(ccn2CCCO)c(C)c1CCSN1CCC2(CC1)N=C(C1CCC(CCC(F)(F)F)CC1)NC2=O. The highest BCUT2D eigenvalue weighted by atomic mass is 32.2. The third kappa shape index (κ3) is 6.96. The number of hydrogen-bond donors (Lipinski definition) is 2. The predicted molar refractivity (Wildman–Crippen MR) is 159 cm³/mol. The monoisotopic (exact) mass is 592 g/mol. The number of hydrogen-bond acceptors (Lipinski definition) is 5. The van der Waals surface area contributed by atoms with Crippen LogP contribution in [-0.4, -0.2) is 62.9 Å². The maximum atomic E-state index is 13.0. The minimum Gasteiger partial charge on any atom is -0.396 e. The zero-order valence-corrected chi connectivity index (χ0v) is 25.0. The van der Waals surface area contributed by atoms with Gasteiger partial charge < -0.3 is 15.0 Å². The topological polar surface area (TPSA) is 69.9 Å². The molecular weight excluding hydrogens is 549 g/mol. The molecule has 6 nitrogen and oxygen atoms in total. The fraction of sp³-hybridized carbons (Fsp3) is 0.677. The Morgan fingerprint density at radius 3 is 2.59 bits per heavy atom. The number of nitrogens with zero attached hydrogens (tertiary/aromatic N) is 3. The molecule has 2 fully saturated rings. The van der Waals surface area contributed by atoms with E-state index in [4.69, 9.17) is 4.99 Å². The fourth-order valence-electron chi connectivity index (χ4n) is 6.96. The highest BCUT2D eigenvalue weighted by molar-refractivity contribution is 7.97. The number of amidine groups is 1. The number of nitrogens with one attached hydrogen (secondary N) is 1. The van der Waals surface area contributed by atoms with Crippen molar-refractivity contribution in [1.29, 1.82) is 0 Å². The number of aliphatic imine (C=N–C) groups is 1. The van der Waals surface area contributed by atoms with Crippen molar-refractivity contribution in [3.8, 4) is 0 Å². The normalized spacial score (nSPS) is 23.4. The average Bonchev–Trinajstić information content (AvgIpc) is 3.49. The van der Waals surface area contributed by atoms with Crippen molar-refractivity contribution in [2.24, 2.45) is 16.8 Å². The van der Waals surface area contributed by atoms with Crippen LogP contribution in [-0.2, 0) is 17.8 Å². The molecule has 5 rings (SSSR count). The predicted octanol–water partition coefficient (Wildman–Crippen LogP) is 6.34. The van der Waals surface area contributed by atoms with Gasteiger partial charge in [0.15, 0.2) is 0 Å². The maximum absolute atomic E-state index is 13.0. The van der Waals surface area contributed by atoms with E-state index in [0.717, 1.165) is 69.7 Å². The van der Waals surface area contributed by atoms with E-state index in [1.54, 1.807) is 0 Å². The summed E-state index contributed by atoms with van der Waals surface area (Å²) in [6.07, 6.45) is 3.82. The van der Waals surface area contributed by atoms with Gasteiger partial charge in [0.2, 0.25) is 0 Å². The van der Waals surface area contributed by atoms with E-state index in [2.05, 4.69) is 46.4 Å². The van der Waals surface area contributed by atoms with E-state index in [1.807, 2.05) is 11.9 Å². The molecule has 1 amide bonds. The van der Waals surface area contributed by atoms with E-state index in [1.165, 1.54) is 27.6 Å². The second-order valence-electron chi connectivity index (χ2n) is 12.2. The van der Waals surface area contributed by atoms with Crippen LogP contribution in [0.3, 0.4) is 0 Å². The zero-order valence-electron chi connectivity index (χ0n) is 24.2. The van der Waals surface area contributed by atoms with Crippen molar-refractivity contribution in [3.05, 3.63) is 35.0 Å². The molecule has 3 heterocycles. The number of rotatable bonds is 10. The van der Waals surface area contributed by atoms with Gasteiger partial charge >= 0.3 is 6.18 Å². The van der Waals surface area contributed by atoms with E-state index < -0.39 is 18.1 Å². The molecule has 2 aromatic rings. The molecule has 0 radical (unpaired) electrons. The molecule has 1 aromatic heterocycles. The summed E-state index contributed by atoms with van der Waals surface area (Å²) in [5.41, 5.74) is 4.59. The number of fused-ring (bicyclic) bond motifs is 1. The number of carbonyl (C=O) groups excluding carboxylic acids is 1. The molecule has 1 spiro atoms. The van der Waals surface area contributed by atoms with Gasteiger partial charge in [-0.25, -0.2) is 0 Å². The molecule has 0 atom stereocenters. The van der Waals surface area contributed by atoms with Crippen molar-refractivity contribution in [1.82, 2.24) is 14.2 Å². The quantitative estimate of drug-likeness (QED) is 0.316. The van der Waals surface area contributed by atoms with Gasteiger partial charge in [0.1, 0.15) is 11.4 Å². The van der Waals surface area contributed by atoms with E-state index in [9.17, 15) is 23.1 Å². The molecule has 226 valence electrons. The summed E-state index contributed by atoms with van der Waals surface area (Å²) in [6, 6.07) is 4.46. The van der Waals surface area contributed by atoms with Gasteiger partial charge in [-0.3, -0.25) is 14.1 Å². The molecular formula is C31H43F3N4O2S. The number of benzene rings is 1. The van der Waals surface area contributed by atoms with Crippen LogP contribution in [0.4, 0.5) is 13.2 Å². The Morgan fingerprint density at radius 1 is 1.17 bits per heavy atom. The van der Waals surface area contributed by atoms with Crippen molar-refractivity contribution in [2.75, 3.05) is 25.4 Å². The van der Waals surface area contributed by atoms with Crippen molar-refractivity contribution < 1.29 is 23.1 Å². The average molecular weight is 593 g/mol. The molecule has 0 unspecified atom stereocenters. The largest absolute Gasteiger partial charge is 0.396 e. The van der Waals surface area contributed by atoms with Crippen molar-refractivity contribution >= 4 is 34.6 Å². The van der Waals surface area contributed by atoms with Gasteiger partial charge in [0, 0.05) is 61.4 Å². The van der Waals surface area contributed by atoms with Gasteiger partial charge in [0.05, 0.1) is 0 Å². The first-order valence-corrected chi connectivity index (χ1v) is 16.1. The number of alkyl halides is 3. The number of aliphatic hydroxyl groups excluding tert-OH is 1. The standard InChI is InChI=1S/C31H43F3N4O2S/c1-21-20-27-26(9-15-37(27)14-3-18-39)22(2)25(21)10-19-41-38-16-12-30(13-17-38)29(40)35-28(36-30)24-6-4-23(5-7-24)8-11-31(32,33)34/h9,15,20,23-24,39H,3-8,10-14,16-19H2,1-2H3,(H,35,36,40). The zero-order chi connectivity index (χ0) is 29.2. The van der Waals surface area contributed by atoms with Crippen molar-refractivity contribution in [3.63, 3.8) is 0 Å². The molecule has 0 bridgehead atoms. The molecule has 1 saturated heterocycles. The van der Waals surface area contributed by atoms with Crippen LogP contribution in [0.25, 0.3) is 10.9 Å². The minimum atomic E-state index is -4.08. The summed E-state index contributed by atoms with van der Waals surface area (Å²) < 4.78 is 42.4. The Morgan fingerprint density at radius 2 is 1.90 bits per heavy atom. The Hall–Kier alpha value is -2.04. The van der Waals surface area contributed by atoms with Crippen LogP contribution in [0.15, 0.2) is 23.3 Å². The van der Waals surface area contributed by atoms with Crippen LogP contribution in [0.2, 0.25) is 0 Å². The number of aromatic nitrogens is 1. The van der Waals surface area contributed by atoms with E-state index in [-0.39, 0.29) is 30.8 Å². The number of aryl methyl sites for hydroxylation is 3. The lowest BCUT2D eigenvalue weighted by molar-refractivity contribution is -0.138. The number of amides is 1. The van der Waals surface area contributed by atoms with Crippen LogP contribution in [0.1, 0.15) is 74.5 Å². The van der Waals surface area contributed by atoms with Crippen LogP contribution >= 0.6 is 11.9 Å². The number of piperidine rings is 1. The fourth-order valence-corrected chi connectivity index (χ4v) is 7.96. The molecule has 1 aliphatic carbocycles. The Kier molecular flexibility index (Phi) is 9.40. The Bertz CT molecular complexity index is 1260. The summed E-state index contributed by atoms with van der Waals surface area (Å²) in [6.45, 7) is 7.03. The Labute approximate surface area is 245 Å². The van der Waals surface area contributed by atoms with E-state index >= 15 is 0 Å². The third-order valence-corrected chi connectivity index (χ3v) is 10.6. The first kappa shape index (κ1) is 30.4. The number of aliphatic hydroxyl groups is 1. The van der Waals surface area contributed by atoms with Gasteiger partial charge in [-0.15, -0.1) is 0 Å². The molecule has 2 aliphatic heterocycles.